The molecule has 0 saturated carbocycles. The van der Waals surface area contributed by atoms with E-state index in [2.05, 4.69) is 15.4 Å². The predicted octanol–water partition coefficient (Wildman–Crippen LogP) is 1.67. The molecule has 0 amide bonds. The summed E-state index contributed by atoms with van der Waals surface area (Å²) in [6.07, 6.45) is 0. The Morgan fingerprint density at radius 2 is 1.84 bits per heavy atom. The van der Waals surface area contributed by atoms with E-state index in [1.807, 2.05) is 30.3 Å². The molecule has 0 aromatic heterocycles. The van der Waals surface area contributed by atoms with Crippen LogP contribution in [0.4, 0.5) is 11.4 Å². The van der Waals surface area contributed by atoms with Gasteiger partial charge in [0.1, 0.15) is 0 Å². The van der Waals surface area contributed by atoms with Crippen LogP contribution in [0.15, 0.2) is 69.6 Å². The van der Waals surface area contributed by atoms with Crippen LogP contribution in [0.3, 0.4) is 0 Å². The molecule has 3 rings (SSSR count). The van der Waals surface area contributed by atoms with Crippen molar-refractivity contribution in [2.24, 2.45) is 21.0 Å². The van der Waals surface area contributed by atoms with E-state index < -0.39 is 10.0 Å². The molecule has 0 radical (unpaired) electrons. The third-order valence-corrected chi connectivity index (χ3v) is 5.01. The smallest absolute Gasteiger partial charge is 0.238 e. The van der Waals surface area contributed by atoms with Gasteiger partial charge >= 0.3 is 0 Å². The Bertz CT molecular complexity index is 897. The molecule has 0 spiro atoms. The van der Waals surface area contributed by atoms with Crippen molar-refractivity contribution < 1.29 is 8.42 Å². The van der Waals surface area contributed by atoms with Gasteiger partial charge < -0.3 is 11.1 Å². The number of thioether (sulfide) groups is 1. The minimum absolute atomic E-state index is 0.0170. The van der Waals surface area contributed by atoms with Crippen molar-refractivity contribution in [3.8, 4) is 0 Å². The number of aliphatic imine (C=N–C) groups is 1. The molecule has 0 saturated heterocycles. The zero-order chi connectivity index (χ0) is 17.9. The van der Waals surface area contributed by atoms with E-state index in [1.54, 1.807) is 10.6 Å². The molecule has 0 fully saturated rings. The molecule has 1 atom stereocenters. The van der Waals surface area contributed by atoms with Crippen LogP contribution in [0, 0.1) is 0 Å². The van der Waals surface area contributed by atoms with Crippen LogP contribution < -0.4 is 16.2 Å². The molecule has 25 heavy (non-hydrogen) atoms. The predicted molar refractivity (Wildman–Crippen MR) is 101 cm³/mol. The van der Waals surface area contributed by atoms with Crippen LogP contribution in [0.5, 0.6) is 0 Å². The van der Waals surface area contributed by atoms with Gasteiger partial charge in [0, 0.05) is 5.69 Å². The topological polar surface area (TPSA) is 126 Å². The van der Waals surface area contributed by atoms with E-state index in [0.717, 1.165) is 5.69 Å². The molecule has 8 nitrogen and oxygen atoms in total. The molecule has 1 aliphatic rings. The number of benzene rings is 2. The summed E-state index contributed by atoms with van der Waals surface area (Å²) < 4.78 is 22.5. The number of sulfonamides is 1. The Morgan fingerprint density at radius 1 is 1.16 bits per heavy atom. The second kappa shape index (κ2) is 7.13. The van der Waals surface area contributed by atoms with Gasteiger partial charge in [-0.15, -0.1) is 0 Å². The number of nitrogens with one attached hydrogen (secondary N) is 1. The third-order valence-electron chi connectivity index (χ3n) is 3.29. The van der Waals surface area contributed by atoms with Gasteiger partial charge in [0.05, 0.1) is 16.1 Å². The number of rotatable bonds is 4. The molecule has 10 heteroatoms. The molecular formula is C15H16N6O2S2. The number of nitrogens with two attached hydrogens (primary N) is 2. The van der Waals surface area contributed by atoms with E-state index in [4.69, 9.17) is 10.9 Å². The highest BCUT2D eigenvalue weighted by Crippen LogP contribution is 2.24. The van der Waals surface area contributed by atoms with Gasteiger partial charge in [0.25, 0.3) is 0 Å². The van der Waals surface area contributed by atoms with Crippen LogP contribution in [-0.2, 0) is 10.0 Å². The molecule has 1 heterocycles. The summed E-state index contributed by atoms with van der Waals surface area (Å²) in [6.45, 7) is 0. The van der Waals surface area contributed by atoms with Crippen molar-refractivity contribution in [2.45, 2.75) is 10.4 Å². The summed E-state index contributed by atoms with van der Waals surface area (Å²) >= 11 is 1.46. The first-order chi connectivity index (χ1) is 11.9. The number of nitrogens with zero attached hydrogens (tertiary/aromatic N) is 3. The Labute approximate surface area is 149 Å². The van der Waals surface area contributed by atoms with E-state index in [-0.39, 0.29) is 16.4 Å². The fraction of sp³-hybridized carbons (Fsp3) is 0.0667. The maximum Gasteiger partial charge on any atom is 0.238 e. The molecule has 2 aromatic rings. The van der Waals surface area contributed by atoms with E-state index in [9.17, 15) is 8.42 Å². The normalized spacial score (nSPS) is 17.7. The SMILES string of the molecule is NC(=Nc1ccc(S(N)(=O)=O)cc1)N1N=CSC1Nc1ccccc1. The molecule has 0 aliphatic carbocycles. The number of anilines is 1. The second-order valence-corrected chi connectivity index (χ2v) is 7.56. The van der Waals surface area contributed by atoms with Gasteiger partial charge in [-0.1, -0.05) is 30.0 Å². The van der Waals surface area contributed by atoms with Gasteiger partial charge in [0.15, 0.2) is 5.50 Å². The largest absolute Gasteiger partial charge is 0.368 e. The number of hydrogen-bond acceptors (Lipinski definition) is 6. The van der Waals surface area contributed by atoms with E-state index in [0.29, 0.717) is 5.69 Å². The highest BCUT2D eigenvalue weighted by Gasteiger charge is 2.24. The van der Waals surface area contributed by atoms with Gasteiger partial charge in [0.2, 0.25) is 16.0 Å². The van der Waals surface area contributed by atoms with Gasteiger partial charge in [-0.05, 0) is 36.4 Å². The zero-order valence-electron chi connectivity index (χ0n) is 13.0. The van der Waals surface area contributed by atoms with Crippen LogP contribution >= 0.6 is 11.8 Å². The molecular weight excluding hydrogens is 360 g/mol. The molecule has 2 aromatic carbocycles. The quantitative estimate of drug-likeness (QED) is 0.550. The minimum atomic E-state index is -3.73. The lowest BCUT2D eigenvalue weighted by Gasteiger charge is -2.23. The van der Waals surface area contributed by atoms with E-state index >= 15 is 0 Å². The highest BCUT2D eigenvalue weighted by atomic mass is 32.2. The fourth-order valence-electron chi connectivity index (χ4n) is 2.10. The van der Waals surface area contributed by atoms with Crippen molar-refractivity contribution in [1.29, 1.82) is 0 Å². The van der Waals surface area contributed by atoms with E-state index in [1.165, 1.54) is 36.0 Å². The monoisotopic (exact) mass is 376 g/mol. The van der Waals surface area contributed by atoms with Crippen molar-refractivity contribution >= 4 is 44.7 Å². The Balaban J connectivity index is 1.75. The first-order valence-corrected chi connectivity index (χ1v) is 9.68. The standard InChI is InChI=1S/C15H16N6O2S2/c16-14(19-12-6-8-13(9-7-12)25(17,22)23)21-15(24-10-18-21)20-11-4-2-1-3-5-11/h1-10,15,20H,(H2,16,19)(H2,17,22,23). The third kappa shape index (κ3) is 4.29. The van der Waals surface area contributed by atoms with Crippen molar-refractivity contribution in [2.75, 3.05) is 5.32 Å². The summed E-state index contributed by atoms with van der Waals surface area (Å²) in [5, 5.41) is 14.1. The van der Waals surface area contributed by atoms with Gasteiger partial charge in [-0.2, -0.15) is 10.1 Å². The zero-order valence-corrected chi connectivity index (χ0v) is 14.6. The first kappa shape index (κ1) is 17.3. The average Bonchev–Trinajstić information content (AvgIpc) is 3.04. The van der Waals surface area contributed by atoms with Crippen molar-refractivity contribution in [3.63, 3.8) is 0 Å². The minimum Gasteiger partial charge on any atom is -0.368 e. The fourth-order valence-corrected chi connectivity index (χ4v) is 3.37. The molecule has 130 valence electrons. The van der Waals surface area contributed by atoms with Gasteiger partial charge in [-0.25, -0.2) is 18.5 Å². The van der Waals surface area contributed by atoms with Crippen LogP contribution in [0.25, 0.3) is 0 Å². The number of hydrogen-bond donors (Lipinski definition) is 3. The number of guanidine groups is 1. The van der Waals surface area contributed by atoms with Crippen molar-refractivity contribution in [3.05, 3.63) is 54.6 Å². The Hall–Kier alpha value is -2.56. The maximum absolute atomic E-state index is 11.3. The number of hydrazone groups is 1. The molecule has 0 bridgehead atoms. The van der Waals surface area contributed by atoms with Gasteiger partial charge in [-0.3, -0.25) is 0 Å². The lowest BCUT2D eigenvalue weighted by molar-refractivity contribution is 0.453. The lowest BCUT2D eigenvalue weighted by Crippen LogP contribution is -2.40. The summed E-state index contributed by atoms with van der Waals surface area (Å²) in [5.74, 6) is 0.179. The van der Waals surface area contributed by atoms with Crippen LogP contribution in [0.1, 0.15) is 0 Å². The van der Waals surface area contributed by atoms with Crippen LogP contribution in [-0.4, -0.2) is 30.4 Å². The molecule has 1 aliphatic heterocycles. The van der Waals surface area contributed by atoms with Crippen molar-refractivity contribution in [1.82, 2.24) is 5.01 Å². The van der Waals surface area contributed by atoms with Crippen LogP contribution in [0.2, 0.25) is 0 Å². The summed E-state index contributed by atoms with van der Waals surface area (Å²) in [5.41, 5.74) is 8.92. The average molecular weight is 376 g/mol. The number of para-hydroxylation sites is 1. The lowest BCUT2D eigenvalue weighted by atomic mass is 10.3. The number of primary sulfonamides is 1. The maximum atomic E-state index is 11.3. The molecule has 5 N–H and O–H groups in total. The summed E-state index contributed by atoms with van der Waals surface area (Å²) in [6, 6.07) is 15.5. The second-order valence-electron chi connectivity index (χ2n) is 5.07. The first-order valence-electron chi connectivity index (χ1n) is 7.19. The Kier molecular flexibility index (Phi) is 4.93. The molecule has 1 unspecified atom stereocenters. The highest BCUT2D eigenvalue weighted by molar-refractivity contribution is 8.12. The summed E-state index contributed by atoms with van der Waals surface area (Å²) in [4.78, 5) is 4.29. The summed E-state index contributed by atoms with van der Waals surface area (Å²) in [7, 11) is -3.73. The Morgan fingerprint density at radius 3 is 2.48 bits per heavy atom.